The fraction of sp³-hybridized carbons (Fsp3) is 0.188. The van der Waals surface area contributed by atoms with E-state index in [1.165, 1.54) is 32.5 Å². The molecule has 1 aromatic carbocycles. The number of nitrogens with one attached hydrogen (secondary N) is 1. The van der Waals surface area contributed by atoms with Gasteiger partial charge in [0, 0.05) is 17.8 Å². The number of carboxylic acids is 1. The summed E-state index contributed by atoms with van der Waals surface area (Å²) in [6.07, 6.45) is 1.46. The van der Waals surface area contributed by atoms with Crippen LogP contribution in [0.5, 0.6) is 11.5 Å². The Kier molecular flexibility index (Phi) is 6.02. The molecule has 0 aliphatic carbocycles. The van der Waals surface area contributed by atoms with E-state index in [0.717, 1.165) is 11.8 Å². The molecule has 1 N–H and O–H groups in total. The SMILES string of the molecule is COc1ccc(OC)c(NC(=O)CSc2ncccc2C(=O)[O-])c1. The van der Waals surface area contributed by atoms with Gasteiger partial charge in [-0.25, -0.2) is 4.98 Å². The number of amides is 1. The Morgan fingerprint density at radius 1 is 1.25 bits per heavy atom. The number of rotatable bonds is 7. The number of carbonyl (C=O) groups is 2. The van der Waals surface area contributed by atoms with Crippen molar-refractivity contribution in [2.24, 2.45) is 0 Å². The van der Waals surface area contributed by atoms with Crippen molar-refractivity contribution in [1.82, 2.24) is 4.98 Å². The summed E-state index contributed by atoms with van der Waals surface area (Å²) in [5.41, 5.74) is 0.415. The third-order valence-electron chi connectivity index (χ3n) is 3.01. The fourth-order valence-corrected chi connectivity index (χ4v) is 2.68. The van der Waals surface area contributed by atoms with Gasteiger partial charge in [0.25, 0.3) is 0 Å². The van der Waals surface area contributed by atoms with Crippen molar-refractivity contribution in [3.8, 4) is 11.5 Å². The second-order valence-corrected chi connectivity index (χ2v) is 5.51. The van der Waals surface area contributed by atoms with Crippen LogP contribution >= 0.6 is 11.8 Å². The van der Waals surface area contributed by atoms with Crippen molar-refractivity contribution in [1.29, 1.82) is 0 Å². The van der Waals surface area contributed by atoms with Crippen LogP contribution < -0.4 is 19.9 Å². The maximum absolute atomic E-state index is 12.1. The molecule has 1 aromatic heterocycles. The fourth-order valence-electron chi connectivity index (χ4n) is 1.89. The van der Waals surface area contributed by atoms with E-state index < -0.39 is 5.97 Å². The van der Waals surface area contributed by atoms with E-state index in [9.17, 15) is 14.7 Å². The third-order valence-corrected chi connectivity index (χ3v) is 4.02. The molecule has 0 atom stereocenters. The quantitative estimate of drug-likeness (QED) is 0.751. The van der Waals surface area contributed by atoms with Crippen LogP contribution in [0.25, 0.3) is 0 Å². The standard InChI is InChI=1S/C16H16N2O5S/c1-22-10-5-6-13(23-2)12(8-10)18-14(19)9-24-15-11(16(20)21)4-3-7-17-15/h3-8H,9H2,1-2H3,(H,18,19)(H,20,21)/p-1. The van der Waals surface area contributed by atoms with Gasteiger partial charge in [0.15, 0.2) is 0 Å². The number of thioether (sulfide) groups is 1. The number of pyridine rings is 1. The summed E-state index contributed by atoms with van der Waals surface area (Å²) in [5.74, 6) is -0.621. The minimum absolute atomic E-state index is 0.0162. The molecule has 0 bridgehead atoms. The number of anilines is 1. The molecule has 0 saturated heterocycles. The topological polar surface area (TPSA) is 101 Å². The van der Waals surface area contributed by atoms with Gasteiger partial charge in [0.05, 0.1) is 31.6 Å². The first-order valence-corrected chi connectivity index (χ1v) is 7.84. The summed E-state index contributed by atoms with van der Waals surface area (Å²) in [4.78, 5) is 27.1. The van der Waals surface area contributed by atoms with Gasteiger partial charge in [-0.2, -0.15) is 0 Å². The van der Waals surface area contributed by atoms with Crippen LogP contribution in [0, 0.1) is 0 Å². The van der Waals surface area contributed by atoms with Gasteiger partial charge in [-0.3, -0.25) is 4.79 Å². The molecule has 2 rings (SSSR count). The average Bonchev–Trinajstić information content (AvgIpc) is 2.60. The highest BCUT2D eigenvalue weighted by Gasteiger charge is 2.12. The van der Waals surface area contributed by atoms with Crippen molar-refractivity contribution >= 4 is 29.3 Å². The molecule has 1 amide bonds. The van der Waals surface area contributed by atoms with E-state index in [2.05, 4.69) is 10.3 Å². The number of aromatic carboxylic acids is 1. The predicted octanol–water partition coefficient (Wildman–Crippen LogP) is 1.19. The van der Waals surface area contributed by atoms with Gasteiger partial charge in [0.1, 0.15) is 16.5 Å². The predicted molar refractivity (Wildman–Crippen MR) is 87.5 cm³/mol. The molecule has 0 radical (unpaired) electrons. The molecule has 7 nitrogen and oxygen atoms in total. The Labute approximate surface area is 143 Å². The summed E-state index contributed by atoms with van der Waals surface area (Å²) in [5, 5.41) is 13.9. The Morgan fingerprint density at radius 3 is 2.71 bits per heavy atom. The smallest absolute Gasteiger partial charge is 0.234 e. The Morgan fingerprint density at radius 2 is 2.04 bits per heavy atom. The molecule has 126 valence electrons. The van der Waals surface area contributed by atoms with Crippen LogP contribution in [0.4, 0.5) is 5.69 Å². The number of hydrogen-bond donors (Lipinski definition) is 1. The Hall–Kier alpha value is -2.74. The molecule has 0 saturated carbocycles. The summed E-state index contributed by atoms with van der Waals surface area (Å²) in [6.45, 7) is 0. The van der Waals surface area contributed by atoms with Gasteiger partial charge in [0.2, 0.25) is 5.91 Å². The van der Waals surface area contributed by atoms with E-state index in [0.29, 0.717) is 17.2 Å². The van der Waals surface area contributed by atoms with Crippen LogP contribution in [0.3, 0.4) is 0 Å². The zero-order valence-corrected chi connectivity index (χ0v) is 13.9. The average molecular weight is 347 g/mol. The van der Waals surface area contributed by atoms with Crippen molar-refractivity contribution in [3.05, 3.63) is 42.1 Å². The Bertz CT molecular complexity index is 751. The molecular formula is C16H15N2O5S-. The van der Waals surface area contributed by atoms with E-state index in [1.807, 2.05) is 0 Å². The van der Waals surface area contributed by atoms with Gasteiger partial charge < -0.3 is 24.7 Å². The van der Waals surface area contributed by atoms with E-state index in [-0.39, 0.29) is 22.2 Å². The van der Waals surface area contributed by atoms with Crippen molar-refractivity contribution < 1.29 is 24.2 Å². The summed E-state index contributed by atoms with van der Waals surface area (Å²) in [6, 6.07) is 7.90. The van der Waals surface area contributed by atoms with Crippen LogP contribution in [0.15, 0.2) is 41.6 Å². The molecule has 0 fully saturated rings. The monoisotopic (exact) mass is 347 g/mol. The van der Waals surface area contributed by atoms with Gasteiger partial charge in [-0.1, -0.05) is 11.8 Å². The number of ether oxygens (including phenoxy) is 2. The minimum Gasteiger partial charge on any atom is -0.545 e. The van der Waals surface area contributed by atoms with Crippen molar-refractivity contribution in [2.45, 2.75) is 5.03 Å². The van der Waals surface area contributed by atoms with Crippen LogP contribution in [0.1, 0.15) is 10.4 Å². The first kappa shape index (κ1) is 17.6. The lowest BCUT2D eigenvalue weighted by molar-refractivity contribution is -0.255. The van der Waals surface area contributed by atoms with Crippen molar-refractivity contribution in [3.63, 3.8) is 0 Å². The van der Waals surface area contributed by atoms with Crippen LogP contribution in [-0.4, -0.2) is 36.8 Å². The molecule has 0 spiro atoms. The zero-order chi connectivity index (χ0) is 17.5. The first-order valence-electron chi connectivity index (χ1n) is 6.86. The van der Waals surface area contributed by atoms with E-state index in [1.54, 1.807) is 18.2 Å². The largest absolute Gasteiger partial charge is 0.545 e. The van der Waals surface area contributed by atoms with Crippen LogP contribution in [0.2, 0.25) is 0 Å². The molecule has 24 heavy (non-hydrogen) atoms. The highest BCUT2D eigenvalue weighted by atomic mass is 32.2. The van der Waals surface area contributed by atoms with Gasteiger partial charge in [-0.15, -0.1) is 0 Å². The van der Waals surface area contributed by atoms with E-state index in [4.69, 9.17) is 9.47 Å². The maximum Gasteiger partial charge on any atom is 0.234 e. The highest BCUT2D eigenvalue weighted by molar-refractivity contribution is 8.00. The van der Waals surface area contributed by atoms with Gasteiger partial charge >= 0.3 is 0 Å². The molecule has 0 aliphatic heterocycles. The molecular weight excluding hydrogens is 332 g/mol. The summed E-state index contributed by atoms with van der Waals surface area (Å²) in [7, 11) is 3.01. The van der Waals surface area contributed by atoms with Gasteiger partial charge in [-0.05, 0) is 24.3 Å². The molecule has 0 aliphatic rings. The number of carboxylic acid groups (broad SMARTS) is 1. The molecule has 8 heteroatoms. The second kappa shape index (κ2) is 8.21. The lowest BCUT2D eigenvalue weighted by atomic mass is 10.2. The number of nitrogens with zero attached hydrogens (tertiary/aromatic N) is 1. The summed E-state index contributed by atoms with van der Waals surface area (Å²) >= 11 is 1.01. The Balaban J connectivity index is 2.06. The molecule has 0 unspecified atom stereocenters. The number of hydrogen-bond acceptors (Lipinski definition) is 7. The number of benzene rings is 1. The molecule has 1 heterocycles. The normalized spacial score (nSPS) is 10.1. The van der Waals surface area contributed by atoms with Crippen molar-refractivity contribution in [2.75, 3.05) is 25.3 Å². The van der Waals surface area contributed by atoms with Crippen LogP contribution in [-0.2, 0) is 4.79 Å². The second-order valence-electron chi connectivity index (χ2n) is 4.55. The number of aromatic nitrogens is 1. The lowest BCUT2D eigenvalue weighted by Gasteiger charge is -2.12. The van der Waals surface area contributed by atoms with E-state index >= 15 is 0 Å². The number of methoxy groups -OCH3 is 2. The minimum atomic E-state index is -1.33. The maximum atomic E-state index is 12.1. The zero-order valence-electron chi connectivity index (χ0n) is 13.1. The number of carbonyl (C=O) groups excluding carboxylic acids is 2. The first-order chi connectivity index (χ1) is 11.5. The lowest BCUT2D eigenvalue weighted by Crippen LogP contribution is -2.23. The highest BCUT2D eigenvalue weighted by Crippen LogP contribution is 2.29. The summed E-state index contributed by atoms with van der Waals surface area (Å²) < 4.78 is 10.3. The third kappa shape index (κ3) is 4.39. The molecule has 2 aromatic rings.